The van der Waals surface area contributed by atoms with Crippen molar-refractivity contribution in [1.82, 2.24) is 4.57 Å². The fourth-order valence-electron chi connectivity index (χ4n) is 7.08. The summed E-state index contributed by atoms with van der Waals surface area (Å²) in [5, 5.41) is 7.53. The summed E-state index contributed by atoms with van der Waals surface area (Å²) in [6.07, 6.45) is 0. The Kier molecular flexibility index (Phi) is 5.89. The zero-order valence-corrected chi connectivity index (χ0v) is 24.7. The molecule has 9 aromatic rings. The van der Waals surface area contributed by atoms with Crippen molar-refractivity contribution in [3.05, 3.63) is 176 Å². The molecule has 0 saturated carbocycles. The molecule has 210 valence electrons. The maximum absolute atomic E-state index is 2.51. The molecule has 0 radical (unpaired) electrons. The summed E-state index contributed by atoms with van der Waals surface area (Å²) in [6.45, 7) is 0. The Morgan fingerprint density at radius 2 is 0.867 bits per heavy atom. The van der Waals surface area contributed by atoms with E-state index in [1.54, 1.807) is 0 Å². The predicted molar refractivity (Wildman–Crippen MR) is 192 cm³/mol. The van der Waals surface area contributed by atoms with Gasteiger partial charge in [0.1, 0.15) is 0 Å². The van der Waals surface area contributed by atoms with Crippen LogP contribution >= 0.6 is 0 Å². The molecule has 0 bridgehead atoms. The molecule has 1 heterocycles. The molecular weight excluding hydrogens is 542 g/mol. The van der Waals surface area contributed by atoms with Gasteiger partial charge in [-0.25, -0.2) is 0 Å². The molecule has 8 aromatic carbocycles. The van der Waals surface area contributed by atoms with Crippen LogP contribution in [0.3, 0.4) is 0 Å². The first-order valence-corrected chi connectivity index (χ1v) is 15.5. The fraction of sp³-hybridized carbons (Fsp3) is 0. The smallest absolute Gasteiger partial charge is 0.0625 e. The summed E-state index contributed by atoms with van der Waals surface area (Å²) in [6, 6.07) is 64.0. The van der Waals surface area contributed by atoms with Crippen LogP contribution in [0.5, 0.6) is 0 Å². The average molecular weight is 572 g/mol. The van der Waals surface area contributed by atoms with Crippen molar-refractivity contribution in [3.63, 3.8) is 0 Å². The van der Waals surface area contributed by atoms with Crippen LogP contribution < -0.4 is 0 Å². The van der Waals surface area contributed by atoms with Crippen molar-refractivity contribution >= 4 is 43.4 Å². The molecular formula is C44H29N. The number of hydrogen-bond donors (Lipinski definition) is 0. The Bertz CT molecular complexity index is 2510. The van der Waals surface area contributed by atoms with Crippen molar-refractivity contribution < 1.29 is 0 Å². The van der Waals surface area contributed by atoms with Crippen molar-refractivity contribution in [1.29, 1.82) is 0 Å². The molecule has 0 fully saturated rings. The van der Waals surface area contributed by atoms with Gasteiger partial charge in [0.05, 0.1) is 11.0 Å². The van der Waals surface area contributed by atoms with E-state index >= 15 is 0 Å². The molecule has 1 nitrogen and oxygen atoms in total. The first kappa shape index (κ1) is 25.6. The third kappa shape index (κ3) is 4.17. The molecule has 0 aliphatic carbocycles. The summed E-state index contributed by atoms with van der Waals surface area (Å²) >= 11 is 0. The monoisotopic (exact) mass is 571 g/mol. The number of nitrogens with zero attached hydrogens (tertiary/aromatic N) is 1. The lowest BCUT2D eigenvalue weighted by Crippen LogP contribution is -1.97. The van der Waals surface area contributed by atoms with Gasteiger partial charge in [-0.1, -0.05) is 146 Å². The molecule has 0 saturated heterocycles. The zero-order chi connectivity index (χ0) is 29.7. The summed E-state index contributed by atoms with van der Waals surface area (Å²) in [5.74, 6) is 0. The summed E-state index contributed by atoms with van der Waals surface area (Å²) in [5.41, 5.74) is 11.0. The Morgan fingerprint density at radius 1 is 0.333 bits per heavy atom. The molecule has 0 aliphatic rings. The molecule has 0 spiro atoms. The van der Waals surface area contributed by atoms with E-state index in [4.69, 9.17) is 0 Å². The van der Waals surface area contributed by atoms with Crippen LogP contribution in [0.25, 0.3) is 82.4 Å². The second-order valence-electron chi connectivity index (χ2n) is 11.7. The molecule has 9 rings (SSSR count). The second-order valence-corrected chi connectivity index (χ2v) is 11.7. The number of benzene rings is 8. The minimum absolute atomic E-state index is 1.15. The summed E-state index contributed by atoms with van der Waals surface area (Å²) in [7, 11) is 0. The van der Waals surface area contributed by atoms with Crippen molar-refractivity contribution in [3.8, 4) is 39.1 Å². The van der Waals surface area contributed by atoms with Crippen molar-refractivity contribution in [2.45, 2.75) is 0 Å². The molecule has 0 unspecified atom stereocenters. The van der Waals surface area contributed by atoms with Gasteiger partial charge < -0.3 is 4.57 Å². The van der Waals surface area contributed by atoms with E-state index in [1.807, 2.05) is 0 Å². The quantitative estimate of drug-likeness (QED) is 0.198. The fourth-order valence-corrected chi connectivity index (χ4v) is 7.08. The van der Waals surface area contributed by atoms with Gasteiger partial charge >= 0.3 is 0 Å². The lowest BCUT2D eigenvalue weighted by atomic mass is 9.93. The van der Waals surface area contributed by atoms with E-state index in [0.717, 1.165) is 5.69 Å². The Labute approximate surface area is 262 Å². The summed E-state index contributed by atoms with van der Waals surface area (Å²) in [4.78, 5) is 0. The highest BCUT2D eigenvalue weighted by atomic mass is 15.0. The molecule has 0 aliphatic heterocycles. The molecule has 0 atom stereocenters. The molecule has 1 heteroatoms. The normalized spacial score (nSPS) is 11.6. The van der Waals surface area contributed by atoms with Crippen LogP contribution in [0.15, 0.2) is 176 Å². The van der Waals surface area contributed by atoms with E-state index < -0.39 is 0 Å². The van der Waals surface area contributed by atoms with Crippen molar-refractivity contribution in [2.24, 2.45) is 0 Å². The van der Waals surface area contributed by atoms with Gasteiger partial charge in [0.2, 0.25) is 0 Å². The lowest BCUT2D eigenvalue weighted by Gasteiger charge is -2.16. The largest absolute Gasteiger partial charge is 0.309 e. The van der Waals surface area contributed by atoms with Gasteiger partial charge in [0, 0.05) is 21.8 Å². The minimum Gasteiger partial charge on any atom is -0.309 e. The van der Waals surface area contributed by atoms with E-state index in [-0.39, 0.29) is 0 Å². The van der Waals surface area contributed by atoms with Crippen LogP contribution in [0.4, 0.5) is 0 Å². The maximum atomic E-state index is 2.51. The topological polar surface area (TPSA) is 4.93 Å². The van der Waals surface area contributed by atoms with Gasteiger partial charge in [-0.15, -0.1) is 0 Å². The lowest BCUT2D eigenvalue weighted by molar-refractivity contribution is 1.19. The maximum Gasteiger partial charge on any atom is 0.0625 e. The molecule has 1 aromatic heterocycles. The molecule has 0 amide bonds. The highest BCUT2D eigenvalue weighted by Gasteiger charge is 2.21. The van der Waals surface area contributed by atoms with E-state index in [2.05, 4.69) is 180 Å². The highest BCUT2D eigenvalue weighted by Crippen LogP contribution is 2.45. The molecule has 45 heavy (non-hydrogen) atoms. The third-order valence-corrected chi connectivity index (χ3v) is 9.14. The number of hydrogen-bond acceptors (Lipinski definition) is 0. The van der Waals surface area contributed by atoms with E-state index in [0.29, 0.717) is 0 Å². The van der Waals surface area contributed by atoms with E-state index in [9.17, 15) is 0 Å². The van der Waals surface area contributed by atoms with Crippen LogP contribution in [0, 0.1) is 0 Å². The zero-order valence-electron chi connectivity index (χ0n) is 24.7. The average Bonchev–Trinajstić information content (AvgIpc) is 3.45. The molecule has 0 N–H and O–H groups in total. The Hall–Kier alpha value is -5.92. The number of fused-ring (bicyclic) bond motifs is 6. The van der Waals surface area contributed by atoms with Crippen LogP contribution in [-0.2, 0) is 0 Å². The van der Waals surface area contributed by atoms with E-state index in [1.165, 1.54) is 76.7 Å². The Balaban J connectivity index is 1.46. The Morgan fingerprint density at radius 3 is 1.53 bits per heavy atom. The minimum atomic E-state index is 1.15. The SMILES string of the molecule is c1ccc(-c2ccc(-n3c4cc5ccccc5cc4c4c(-c5ccccc5)cc5ccccc5c43)cc2-c2ccccc2)cc1. The third-order valence-electron chi connectivity index (χ3n) is 9.14. The first-order valence-electron chi connectivity index (χ1n) is 15.5. The second kappa shape index (κ2) is 10.4. The first-order chi connectivity index (χ1) is 22.3. The standard InChI is InChI=1S/C44H29N/c1-4-14-30(15-5-1)37-25-24-36(29-39(37)31-16-6-2-7-17-31)45-42-28-34-21-11-10-20-33(34)26-41(42)43-40(32-18-8-3-9-19-32)27-35-22-12-13-23-38(35)44(43)45/h1-29H. The predicted octanol–water partition coefficient (Wildman–Crippen LogP) is 12.1. The van der Waals surface area contributed by atoms with Crippen molar-refractivity contribution in [2.75, 3.05) is 0 Å². The number of rotatable bonds is 4. The number of aromatic nitrogens is 1. The van der Waals surface area contributed by atoms with Gasteiger partial charge in [-0.05, 0) is 79.9 Å². The highest BCUT2D eigenvalue weighted by molar-refractivity contribution is 6.25. The van der Waals surface area contributed by atoms with Gasteiger partial charge in [-0.3, -0.25) is 0 Å². The van der Waals surface area contributed by atoms with Gasteiger partial charge in [0.25, 0.3) is 0 Å². The van der Waals surface area contributed by atoms with Gasteiger partial charge in [0.15, 0.2) is 0 Å². The summed E-state index contributed by atoms with van der Waals surface area (Å²) < 4.78 is 2.51. The van der Waals surface area contributed by atoms with Crippen LogP contribution in [0.1, 0.15) is 0 Å². The van der Waals surface area contributed by atoms with Crippen LogP contribution in [-0.4, -0.2) is 4.57 Å². The van der Waals surface area contributed by atoms with Crippen LogP contribution in [0.2, 0.25) is 0 Å². The van der Waals surface area contributed by atoms with Gasteiger partial charge in [-0.2, -0.15) is 0 Å².